The molecule has 0 amide bonds. The number of carbonyl (C=O) groups is 1. The van der Waals surface area contributed by atoms with Crippen molar-refractivity contribution in [3.8, 4) is 11.4 Å². The molecule has 10 nitrogen and oxygen atoms in total. The first kappa shape index (κ1) is 15.3. The highest BCUT2D eigenvalue weighted by atomic mass is 16.4. The average molecular weight is 318 g/mol. The van der Waals surface area contributed by atoms with E-state index in [2.05, 4.69) is 35.6 Å². The number of aliphatic carboxylic acids is 1. The third-order valence-electron chi connectivity index (χ3n) is 3.68. The number of rotatable bonds is 5. The second kappa shape index (κ2) is 6.65. The number of piperazine rings is 1. The van der Waals surface area contributed by atoms with Crippen LogP contribution in [0.1, 0.15) is 19.4 Å². The summed E-state index contributed by atoms with van der Waals surface area (Å²) in [5, 5.41) is 24.2. The van der Waals surface area contributed by atoms with Crippen molar-refractivity contribution in [2.75, 3.05) is 31.1 Å². The molecule has 1 saturated heterocycles. The van der Waals surface area contributed by atoms with Gasteiger partial charge in [0.05, 0.1) is 5.56 Å². The fourth-order valence-corrected chi connectivity index (χ4v) is 2.37. The lowest BCUT2D eigenvalue weighted by Crippen LogP contribution is -2.44. The van der Waals surface area contributed by atoms with Gasteiger partial charge in [0.2, 0.25) is 11.8 Å². The summed E-state index contributed by atoms with van der Waals surface area (Å²) in [6.45, 7) is 5.31. The number of hydrogen-bond acceptors (Lipinski definition) is 8. The second-order valence-corrected chi connectivity index (χ2v) is 5.20. The summed E-state index contributed by atoms with van der Waals surface area (Å²) in [4.78, 5) is 23.0. The molecule has 1 atom stereocenters. The molecule has 0 saturated carbocycles. The van der Waals surface area contributed by atoms with Crippen molar-refractivity contribution >= 4 is 11.9 Å². The number of aromatic nitrogens is 6. The van der Waals surface area contributed by atoms with Crippen LogP contribution in [0.25, 0.3) is 11.4 Å². The number of nitrogens with zero attached hydrogens (tertiary/aromatic N) is 7. The van der Waals surface area contributed by atoms with Crippen molar-refractivity contribution in [2.24, 2.45) is 0 Å². The number of carboxylic acid groups (broad SMARTS) is 1. The van der Waals surface area contributed by atoms with E-state index in [1.165, 1.54) is 0 Å². The van der Waals surface area contributed by atoms with Crippen molar-refractivity contribution in [3.05, 3.63) is 12.4 Å². The van der Waals surface area contributed by atoms with E-state index < -0.39 is 12.0 Å². The first-order valence-electron chi connectivity index (χ1n) is 7.49. The van der Waals surface area contributed by atoms with Crippen molar-refractivity contribution in [1.82, 2.24) is 35.5 Å². The van der Waals surface area contributed by atoms with Crippen LogP contribution in [0.2, 0.25) is 0 Å². The Labute approximate surface area is 132 Å². The summed E-state index contributed by atoms with van der Waals surface area (Å²) in [6.07, 6.45) is 3.64. The average Bonchev–Trinajstić information content (AvgIpc) is 3.06. The Balaban J connectivity index is 1.77. The van der Waals surface area contributed by atoms with Gasteiger partial charge in [0.25, 0.3) is 0 Å². The van der Waals surface area contributed by atoms with Gasteiger partial charge in [-0.15, -0.1) is 15.0 Å². The van der Waals surface area contributed by atoms with E-state index in [4.69, 9.17) is 5.11 Å². The SMILES string of the molecule is CCC(C(=O)O)n1nnc(-c2cnc(N3CCNCC3)nc2)n1. The van der Waals surface area contributed by atoms with Gasteiger partial charge in [-0.05, 0) is 11.6 Å². The molecular formula is C13H18N8O2. The van der Waals surface area contributed by atoms with Crippen molar-refractivity contribution < 1.29 is 9.90 Å². The fraction of sp³-hybridized carbons (Fsp3) is 0.538. The molecule has 1 aliphatic rings. The van der Waals surface area contributed by atoms with Crippen LogP contribution in [0.4, 0.5) is 5.95 Å². The minimum absolute atomic E-state index is 0.316. The minimum Gasteiger partial charge on any atom is -0.480 e. The van der Waals surface area contributed by atoms with Gasteiger partial charge in [-0.1, -0.05) is 6.92 Å². The van der Waals surface area contributed by atoms with Crippen LogP contribution in [0, 0.1) is 0 Å². The molecule has 1 fully saturated rings. The molecule has 1 unspecified atom stereocenters. The smallest absolute Gasteiger partial charge is 0.330 e. The van der Waals surface area contributed by atoms with Gasteiger partial charge in [0, 0.05) is 38.6 Å². The van der Waals surface area contributed by atoms with Gasteiger partial charge in [0.1, 0.15) is 0 Å². The van der Waals surface area contributed by atoms with Crippen molar-refractivity contribution in [2.45, 2.75) is 19.4 Å². The molecule has 0 aromatic carbocycles. The van der Waals surface area contributed by atoms with Crippen LogP contribution in [0.15, 0.2) is 12.4 Å². The molecule has 0 bridgehead atoms. The van der Waals surface area contributed by atoms with E-state index in [1.54, 1.807) is 19.3 Å². The van der Waals surface area contributed by atoms with Crippen molar-refractivity contribution in [3.63, 3.8) is 0 Å². The molecule has 1 aliphatic heterocycles. The van der Waals surface area contributed by atoms with Crippen LogP contribution >= 0.6 is 0 Å². The zero-order valence-electron chi connectivity index (χ0n) is 12.8. The summed E-state index contributed by atoms with van der Waals surface area (Å²) < 4.78 is 0. The number of anilines is 1. The van der Waals surface area contributed by atoms with Crippen LogP contribution in [-0.4, -0.2) is 67.4 Å². The highest BCUT2D eigenvalue weighted by Crippen LogP contribution is 2.16. The van der Waals surface area contributed by atoms with Gasteiger partial charge in [0.15, 0.2) is 6.04 Å². The Morgan fingerprint density at radius 1 is 1.35 bits per heavy atom. The van der Waals surface area contributed by atoms with Gasteiger partial charge in [-0.3, -0.25) is 0 Å². The van der Waals surface area contributed by atoms with Gasteiger partial charge in [-0.2, -0.15) is 0 Å². The topological polar surface area (TPSA) is 122 Å². The maximum Gasteiger partial charge on any atom is 0.330 e. The van der Waals surface area contributed by atoms with E-state index in [0.29, 0.717) is 23.8 Å². The normalized spacial score (nSPS) is 16.3. The summed E-state index contributed by atoms with van der Waals surface area (Å²) >= 11 is 0. The highest BCUT2D eigenvalue weighted by Gasteiger charge is 2.21. The third kappa shape index (κ3) is 3.26. The number of hydrogen-bond donors (Lipinski definition) is 2. The molecule has 10 heteroatoms. The summed E-state index contributed by atoms with van der Waals surface area (Å²) in [6, 6.07) is -0.822. The van der Waals surface area contributed by atoms with Crippen LogP contribution in [-0.2, 0) is 4.79 Å². The predicted molar refractivity (Wildman–Crippen MR) is 80.9 cm³/mol. The van der Waals surface area contributed by atoms with Gasteiger partial charge >= 0.3 is 5.97 Å². The Morgan fingerprint density at radius 2 is 2.04 bits per heavy atom. The number of carboxylic acids is 1. The zero-order valence-corrected chi connectivity index (χ0v) is 12.8. The first-order chi connectivity index (χ1) is 11.2. The lowest BCUT2D eigenvalue weighted by Gasteiger charge is -2.27. The van der Waals surface area contributed by atoms with E-state index in [-0.39, 0.29) is 0 Å². The molecule has 3 heterocycles. The molecule has 2 aromatic rings. The molecule has 2 aromatic heterocycles. The van der Waals surface area contributed by atoms with Gasteiger partial charge in [-0.25, -0.2) is 14.8 Å². The van der Waals surface area contributed by atoms with Crippen molar-refractivity contribution in [1.29, 1.82) is 0 Å². The Bertz CT molecular complexity index is 665. The van der Waals surface area contributed by atoms with Gasteiger partial charge < -0.3 is 15.3 Å². The lowest BCUT2D eigenvalue weighted by atomic mass is 10.2. The largest absolute Gasteiger partial charge is 0.480 e. The number of tetrazole rings is 1. The molecule has 0 spiro atoms. The summed E-state index contributed by atoms with van der Waals surface area (Å²) in [5.74, 6) is -0.00192. The third-order valence-corrected chi connectivity index (χ3v) is 3.68. The number of nitrogens with one attached hydrogen (secondary N) is 1. The zero-order chi connectivity index (χ0) is 16.2. The Morgan fingerprint density at radius 3 is 2.65 bits per heavy atom. The molecule has 0 radical (unpaired) electrons. The van der Waals surface area contributed by atoms with E-state index in [9.17, 15) is 4.79 Å². The highest BCUT2D eigenvalue weighted by molar-refractivity contribution is 5.71. The predicted octanol–water partition coefficient (Wildman–Crippen LogP) is -0.425. The maximum absolute atomic E-state index is 11.1. The second-order valence-electron chi connectivity index (χ2n) is 5.20. The Hall–Kier alpha value is -2.62. The summed E-state index contributed by atoms with van der Waals surface area (Å²) in [5.41, 5.74) is 0.607. The standard InChI is InChI=1S/C13H18N8O2/c1-2-10(12(22)23)21-18-11(17-19-21)9-7-15-13(16-8-9)20-5-3-14-4-6-20/h7-8,10,14H,2-6H2,1H3,(H,22,23). The van der Waals surface area contributed by atoms with E-state index >= 15 is 0 Å². The minimum atomic E-state index is -0.984. The lowest BCUT2D eigenvalue weighted by molar-refractivity contribution is -0.141. The molecule has 2 N–H and O–H groups in total. The van der Waals surface area contributed by atoms with Crippen LogP contribution < -0.4 is 10.2 Å². The Kier molecular flexibility index (Phi) is 4.42. The molecule has 23 heavy (non-hydrogen) atoms. The molecule has 3 rings (SSSR count). The first-order valence-corrected chi connectivity index (χ1v) is 7.49. The summed E-state index contributed by atoms with van der Waals surface area (Å²) in [7, 11) is 0. The van der Waals surface area contributed by atoms with E-state index in [1.807, 2.05) is 0 Å². The molecular weight excluding hydrogens is 300 g/mol. The molecule has 0 aliphatic carbocycles. The quantitative estimate of drug-likeness (QED) is 0.756. The van der Waals surface area contributed by atoms with Crippen LogP contribution in [0.5, 0.6) is 0 Å². The maximum atomic E-state index is 11.1. The molecule has 122 valence electrons. The fourth-order valence-electron chi connectivity index (χ4n) is 2.37. The van der Waals surface area contributed by atoms with E-state index in [0.717, 1.165) is 31.0 Å². The van der Waals surface area contributed by atoms with Crippen LogP contribution in [0.3, 0.4) is 0 Å². The monoisotopic (exact) mass is 318 g/mol.